The van der Waals surface area contributed by atoms with Gasteiger partial charge in [-0.25, -0.2) is 4.79 Å². The van der Waals surface area contributed by atoms with E-state index in [1.165, 1.54) is 6.07 Å². The summed E-state index contributed by atoms with van der Waals surface area (Å²) >= 11 is 0. The number of Topliss-reactive ketones (excluding diaryl/α,β-unsaturated/α-hetero) is 1. The molecule has 2 aromatic rings. The van der Waals surface area contributed by atoms with Crippen LogP contribution in [0.1, 0.15) is 10.4 Å². The first-order chi connectivity index (χ1) is 10.8. The summed E-state index contributed by atoms with van der Waals surface area (Å²) in [5, 5.41) is 47.2. The molecule has 0 radical (unpaired) electrons. The number of aromatic nitrogens is 1. The van der Waals surface area contributed by atoms with Gasteiger partial charge in [-0.15, -0.1) is 0 Å². The SMILES string of the molecule is [2H]n1cc(C(=O)[C@H](O)[C@@H](O)[C@H](O)[C@H](O)C(=O)O)c2ccccc21. The standard InChI is InChI=1S/C14H15NO7/c16-9(7-5-15-8-4-2-1-3-6(7)8)10(17)11(18)12(19)13(20)14(21)22/h1-5,10-13,15,17-20H,(H,21,22)/t10-,11+,12-,13-/m0/s1/i/hD. The van der Waals surface area contributed by atoms with Gasteiger partial charge >= 0.3 is 5.97 Å². The van der Waals surface area contributed by atoms with Gasteiger partial charge in [-0.3, -0.25) is 4.79 Å². The van der Waals surface area contributed by atoms with E-state index in [1.807, 2.05) is 0 Å². The minimum Gasteiger partial charge on any atom is -0.479 e. The largest absolute Gasteiger partial charge is 0.479 e. The van der Waals surface area contributed by atoms with E-state index >= 15 is 0 Å². The second-order valence-corrected chi connectivity index (χ2v) is 4.76. The fourth-order valence-corrected chi connectivity index (χ4v) is 2.05. The summed E-state index contributed by atoms with van der Waals surface area (Å²) in [6.07, 6.45) is -7.85. The number of aromatic amines is 1. The summed E-state index contributed by atoms with van der Waals surface area (Å²) in [5.74, 6) is -2.81. The van der Waals surface area contributed by atoms with Crippen LogP contribution in [-0.2, 0) is 4.79 Å². The molecule has 22 heavy (non-hydrogen) atoms. The van der Waals surface area contributed by atoms with E-state index in [1.54, 1.807) is 18.2 Å². The molecule has 2 rings (SSSR count). The average Bonchev–Trinajstić information content (AvgIpc) is 2.88. The predicted octanol–water partition coefficient (Wildman–Crippen LogP) is -1.12. The van der Waals surface area contributed by atoms with Crippen LogP contribution in [0.2, 0.25) is 1.41 Å². The van der Waals surface area contributed by atoms with Crippen LogP contribution < -0.4 is 0 Å². The van der Waals surface area contributed by atoms with E-state index in [2.05, 4.69) is 0 Å². The van der Waals surface area contributed by atoms with E-state index in [4.69, 9.17) is 6.52 Å². The molecule has 0 bridgehead atoms. The van der Waals surface area contributed by atoms with Gasteiger partial charge in [-0.1, -0.05) is 18.2 Å². The maximum atomic E-state index is 12.3. The van der Waals surface area contributed by atoms with Crippen LogP contribution in [0.4, 0.5) is 0 Å². The first kappa shape index (κ1) is 14.7. The smallest absolute Gasteiger partial charge is 0.335 e. The van der Waals surface area contributed by atoms with Crippen LogP contribution in [-0.4, -0.2) is 66.7 Å². The number of carbonyl (C=O) groups is 2. The third-order valence-electron chi connectivity index (χ3n) is 3.31. The number of hydrogen-bond donors (Lipinski definition) is 6. The Morgan fingerprint density at radius 2 is 1.64 bits per heavy atom. The second-order valence-electron chi connectivity index (χ2n) is 4.76. The molecule has 8 heteroatoms. The molecule has 6 N–H and O–H groups in total. The third kappa shape index (κ3) is 2.85. The second kappa shape index (κ2) is 6.24. The highest BCUT2D eigenvalue weighted by Crippen LogP contribution is 2.20. The number of carboxylic acid groups (broad SMARTS) is 1. The highest BCUT2D eigenvalue weighted by Gasteiger charge is 2.38. The van der Waals surface area contributed by atoms with Crippen molar-refractivity contribution in [3.05, 3.63) is 36.0 Å². The van der Waals surface area contributed by atoms with Gasteiger partial charge in [-0.2, -0.15) is 0 Å². The molecule has 0 saturated carbocycles. The molecule has 0 saturated heterocycles. The monoisotopic (exact) mass is 310 g/mol. The lowest BCUT2D eigenvalue weighted by Crippen LogP contribution is -2.50. The Kier molecular flexibility index (Phi) is 4.16. The number of nitrogens with one attached hydrogen (secondary N) is 1. The van der Waals surface area contributed by atoms with Crippen molar-refractivity contribution in [1.82, 2.24) is 4.98 Å². The number of aliphatic carboxylic acids is 1. The molecule has 1 heterocycles. The molecule has 4 atom stereocenters. The van der Waals surface area contributed by atoms with E-state index in [0.717, 1.165) is 11.2 Å². The van der Waals surface area contributed by atoms with Crippen molar-refractivity contribution < 1.29 is 36.5 Å². The van der Waals surface area contributed by atoms with Gasteiger partial charge in [0.15, 0.2) is 13.3 Å². The molecule has 0 unspecified atom stereocenters. The molecule has 0 aliphatic heterocycles. The number of carbonyl (C=O) groups excluding carboxylic acids is 1. The van der Waals surface area contributed by atoms with Gasteiger partial charge in [0.1, 0.15) is 18.3 Å². The van der Waals surface area contributed by atoms with E-state index in [9.17, 15) is 30.0 Å². The summed E-state index contributed by atoms with van der Waals surface area (Å²) < 4.78 is 7.69. The van der Waals surface area contributed by atoms with Crippen molar-refractivity contribution in [3.63, 3.8) is 0 Å². The van der Waals surface area contributed by atoms with Crippen LogP contribution in [0.25, 0.3) is 10.9 Å². The quantitative estimate of drug-likeness (QED) is 0.370. The molecular formula is C14H15NO7. The lowest BCUT2D eigenvalue weighted by atomic mass is 9.96. The van der Waals surface area contributed by atoms with Crippen LogP contribution in [0.15, 0.2) is 30.5 Å². The van der Waals surface area contributed by atoms with Crippen molar-refractivity contribution in [2.24, 2.45) is 0 Å². The van der Waals surface area contributed by atoms with E-state index in [0.29, 0.717) is 10.9 Å². The number of carboxylic acids is 1. The van der Waals surface area contributed by atoms with Crippen molar-refractivity contribution >= 4 is 22.7 Å². The predicted molar refractivity (Wildman–Crippen MR) is 74.3 cm³/mol. The van der Waals surface area contributed by atoms with Crippen molar-refractivity contribution in [1.29, 1.82) is 0 Å². The molecule has 1 aromatic carbocycles. The lowest BCUT2D eigenvalue weighted by Gasteiger charge is -2.23. The number of benzene rings is 1. The molecule has 1 aromatic heterocycles. The highest BCUT2D eigenvalue weighted by atomic mass is 16.4. The van der Waals surface area contributed by atoms with Gasteiger partial charge in [-0.05, 0) is 6.07 Å². The molecule has 0 aliphatic rings. The van der Waals surface area contributed by atoms with Gasteiger partial charge in [0, 0.05) is 22.7 Å². The molecule has 0 amide bonds. The van der Waals surface area contributed by atoms with Crippen molar-refractivity contribution in [2.45, 2.75) is 24.4 Å². The van der Waals surface area contributed by atoms with E-state index < -0.39 is 36.2 Å². The number of ketones is 1. The Hall–Kier alpha value is -2.26. The summed E-state index contributed by atoms with van der Waals surface area (Å²) in [6.45, 7) is 0. The zero-order chi connectivity index (χ0) is 17.3. The Bertz CT molecular complexity index is 744. The molecular weight excluding hydrogens is 294 g/mol. The van der Waals surface area contributed by atoms with Gasteiger partial charge < -0.3 is 30.5 Å². The zero-order valence-corrected chi connectivity index (χ0v) is 11.2. The highest BCUT2D eigenvalue weighted by molar-refractivity contribution is 6.10. The van der Waals surface area contributed by atoms with Gasteiger partial charge in [0.2, 0.25) is 0 Å². The number of rotatable bonds is 6. The number of aliphatic hydroxyl groups excluding tert-OH is 4. The average molecular weight is 310 g/mol. The van der Waals surface area contributed by atoms with Crippen molar-refractivity contribution in [3.8, 4) is 0 Å². The number of H-pyrrole nitrogens is 1. The fraction of sp³-hybridized carbons (Fsp3) is 0.286. The summed E-state index contributed by atoms with van der Waals surface area (Å²) in [6, 6.07) is 6.38. The summed E-state index contributed by atoms with van der Waals surface area (Å²) in [5.41, 5.74) is 0.322. The number of fused-ring (bicyclic) bond motifs is 1. The minimum absolute atomic E-state index is 0.0702. The third-order valence-corrected chi connectivity index (χ3v) is 3.31. The van der Waals surface area contributed by atoms with E-state index in [-0.39, 0.29) is 5.56 Å². The Morgan fingerprint density at radius 1 is 1.05 bits per heavy atom. The topological polar surface area (TPSA) is 151 Å². The van der Waals surface area contributed by atoms with Gasteiger partial charge in [0.05, 0.1) is 0 Å². The Morgan fingerprint density at radius 3 is 2.27 bits per heavy atom. The van der Waals surface area contributed by atoms with Crippen LogP contribution in [0.3, 0.4) is 0 Å². The first-order valence-corrected chi connectivity index (χ1v) is 6.34. The molecule has 118 valence electrons. The van der Waals surface area contributed by atoms with Gasteiger partial charge in [0.25, 0.3) is 0 Å². The van der Waals surface area contributed by atoms with Crippen LogP contribution >= 0.6 is 0 Å². The number of para-hydroxylation sites is 1. The van der Waals surface area contributed by atoms with Crippen LogP contribution in [0.5, 0.6) is 0 Å². The molecule has 8 nitrogen and oxygen atoms in total. The Labute approximate surface area is 125 Å². The maximum absolute atomic E-state index is 12.3. The fourth-order valence-electron chi connectivity index (χ4n) is 2.05. The van der Waals surface area contributed by atoms with Crippen molar-refractivity contribution in [2.75, 3.05) is 0 Å². The zero-order valence-electron chi connectivity index (χ0n) is 12.2. The maximum Gasteiger partial charge on any atom is 0.335 e. The molecule has 0 fully saturated rings. The minimum atomic E-state index is -2.36. The lowest BCUT2D eigenvalue weighted by molar-refractivity contribution is -0.161. The number of hydrogen-bond acceptors (Lipinski definition) is 6. The summed E-state index contributed by atoms with van der Waals surface area (Å²) in [4.78, 5) is 23.7. The molecule has 0 aliphatic carbocycles. The normalized spacial score (nSPS) is 17.5. The Balaban J connectivity index is 2.30. The summed E-state index contributed by atoms with van der Waals surface area (Å²) in [7, 11) is 0. The number of aliphatic hydroxyl groups is 4. The first-order valence-electron chi connectivity index (χ1n) is 6.79. The molecule has 0 spiro atoms. The van der Waals surface area contributed by atoms with Crippen LogP contribution in [0, 0.1) is 0 Å².